The fraction of sp³-hybridized carbons (Fsp3) is 0.352. The summed E-state index contributed by atoms with van der Waals surface area (Å²) in [6, 6.07) is 90.0. The summed E-state index contributed by atoms with van der Waals surface area (Å²) in [6.45, 7) is 17.0. The minimum atomic E-state index is -3.36. The van der Waals surface area contributed by atoms with Crippen LogP contribution >= 0.6 is 0 Å². The molecule has 572 valence electrons. The normalized spacial score (nSPS) is 24.4. The maximum atomic E-state index is 14.3. The first kappa shape index (κ1) is 80.1. The lowest BCUT2D eigenvalue weighted by Gasteiger charge is -2.51. The van der Waals surface area contributed by atoms with Gasteiger partial charge in [0, 0.05) is 6.92 Å². The van der Waals surface area contributed by atoms with E-state index in [0.29, 0.717) is 0 Å². The maximum absolute atomic E-state index is 14.3. The summed E-state index contributed by atoms with van der Waals surface area (Å²) in [4.78, 5) is 14.3. The maximum Gasteiger partial charge on any atom is 0.303 e. The van der Waals surface area contributed by atoms with Gasteiger partial charge in [0.2, 0.25) is 0 Å². The molecule has 0 N–H and O–H groups in total. The van der Waals surface area contributed by atoms with Crippen molar-refractivity contribution < 1.29 is 80.3 Å². The van der Waals surface area contributed by atoms with E-state index in [2.05, 4.69) is 82.5 Å². The molecule has 3 aliphatic heterocycles. The Morgan fingerprint density at radius 3 is 1.01 bits per heavy atom. The molecule has 3 fully saturated rings. The quantitative estimate of drug-likeness (QED) is 0.0203. The van der Waals surface area contributed by atoms with Crippen molar-refractivity contribution in [1.82, 2.24) is 0 Å². The molecular weight excluding hydrogens is 1390 g/mol. The highest BCUT2D eigenvalue weighted by Crippen LogP contribution is 2.41. The van der Waals surface area contributed by atoms with Crippen molar-refractivity contribution in [3.63, 3.8) is 0 Å². The van der Waals surface area contributed by atoms with Gasteiger partial charge in [-0.15, -0.1) is 13.2 Å². The van der Waals surface area contributed by atoms with E-state index in [1.54, 1.807) is 12.2 Å². The molecule has 12 rings (SSSR count). The van der Waals surface area contributed by atoms with Gasteiger partial charge in [0.1, 0.15) is 67.1 Å². The van der Waals surface area contributed by atoms with Crippen LogP contribution in [0.1, 0.15) is 66.6 Å². The molecule has 0 aliphatic carbocycles. The van der Waals surface area contributed by atoms with E-state index in [4.69, 9.17) is 75.5 Å². The summed E-state index contributed by atoms with van der Waals surface area (Å²) in [5, 5.41) is 1.64. The Balaban J connectivity index is 1.01. The van der Waals surface area contributed by atoms with Crippen LogP contribution in [0.25, 0.3) is 0 Å². The molecule has 17 nitrogen and oxygen atoms in total. The summed E-state index contributed by atoms with van der Waals surface area (Å²) in [5.74, 6) is -0.632. The molecular formula is C91H102O17Si. The summed E-state index contributed by atoms with van der Waals surface area (Å²) in [6.07, 6.45) is -13.0. The van der Waals surface area contributed by atoms with Gasteiger partial charge in [-0.1, -0.05) is 306 Å². The highest BCUT2D eigenvalue weighted by molar-refractivity contribution is 6.99. The topological polar surface area (TPSA) is 165 Å². The van der Waals surface area contributed by atoms with Crippen LogP contribution < -0.4 is 10.4 Å². The van der Waals surface area contributed by atoms with Gasteiger partial charge >= 0.3 is 5.97 Å². The van der Waals surface area contributed by atoms with Crippen LogP contribution in [0.3, 0.4) is 0 Å². The Morgan fingerprint density at radius 1 is 0.339 bits per heavy atom. The molecule has 3 heterocycles. The van der Waals surface area contributed by atoms with Crippen LogP contribution in [0.2, 0.25) is 5.04 Å². The first-order valence-electron chi connectivity index (χ1n) is 37.6. The van der Waals surface area contributed by atoms with Crippen molar-refractivity contribution in [1.29, 1.82) is 0 Å². The van der Waals surface area contributed by atoms with E-state index < -0.39 is 111 Å². The molecule has 0 saturated carbocycles. The largest absolute Gasteiger partial charge is 0.454 e. The minimum Gasteiger partial charge on any atom is -0.454 e. The molecule has 0 spiro atoms. The molecule has 0 unspecified atom stereocenters. The smallest absolute Gasteiger partial charge is 0.303 e. The molecule has 9 aromatic carbocycles. The SMILES string of the molecule is C=CCO[C@H]1O[C@H](CO[C@H]2O[C@H](COCc3ccccc3)[C@@H](OCc3ccccc3)[C@H](OCc3ccccc3)[C@@H]2O[C@H]2O[C@H](CO[Si](c3ccccc3)(c3ccccc3)C(C)(C)C)[C@@H](OCc3ccccc3)[C@H](OCc3ccccc3)[C@@H]2OC(C)=O)[C@@H](OCc2ccccc2)[C@H](OCc2ccccc2)[C@@H]1OCC=C. The van der Waals surface area contributed by atoms with Gasteiger partial charge < -0.3 is 75.5 Å². The number of rotatable bonds is 39. The average Bonchev–Trinajstić information content (AvgIpc) is 0.749. The van der Waals surface area contributed by atoms with Crippen molar-refractivity contribution in [2.75, 3.05) is 33.0 Å². The minimum absolute atomic E-state index is 0.00243. The molecule has 15 atom stereocenters. The van der Waals surface area contributed by atoms with Crippen molar-refractivity contribution in [2.24, 2.45) is 0 Å². The van der Waals surface area contributed by atoms with Crippen LogP contribution in [0.5, 0.6) is 0 Å². The van der Waals surface area contributed by atoms with E-state index in [1.165, 1.54) is 6.92 Å². The van der Waals surface area contributed by atoms with Crippen molar-refractivity contribution in [3.05, 3.63) is 337 Å². The van der Waals surface area contributed by atoms with E-state index in [1.807, 2.05) is 224 Å². The van der Waals surface area contributed by atoms with E-state index in [-0.39, 0.29) is 79.3 Å². The van der Waals surface area contributed by atoms with E-state index >= 15 is 0 Å². The van der Waals surface area contributed by atoms with Crippen LogP contribution in [0.15, 0.2) is 298 Å². The fourth-order valence-corrected chi connectivity index (χ4v) is 18.9. The van der Waals surface area contributed by atoms with E-state index in [0.717, 1.165) is 49.3 Å². The Kier molecular flexibility index (Phi) is 30.1. The van der Waals surface area contributed by atoms with Crippen LogP contribution in [0, 0.1) is 0 Å². The first-order valence-corrected chi connectivity index (χ1v) is 39.5. The highest BCUT2D eigenvalue weighted by atomic mass is 28.4. The van der Waals surface area contributed by atoms with Gasteiger partial charge in [-0.25, -0.2) is 0 Å². The Bertz CT molecular complexity index is 4040. The molecule has 0 amide bonds. The van der Waals surface area contributed by atoms with Gasteiger partial charge in [0.05, 0.1) is 79.3 Å². The number of hydrogen-bond donors (Lipinski definition) is 0. The lowest BCUT2D eigenvalue weighted by Crippen LogP contribution is -2.69. The third-order valence-electron chi connectivity index (χ3n) is 19.6. The lowest BCUT2D eigenvalue weighted by atomic mass is 9.95. The number of esters is 1. The third kappa shape index (κ3) is 22.0. The van der Waals surface area contributed by atoms with Gasteiger partial charge in [-0.05, 0) is 54.4 Å². The fourth-order valence-electron chi connectivity index (χ4n) is 14.3. The molecule has 9 aromatic rings. The summed E-state index contributed by atoms with van der Waals surface area (Å²) in [7, 11) is -3.36. The Hall–Kier alpha value is -8.45. The van der Waals surface area contributed by atoms with Crippen LogP contribution in [-0.2, 0) is 127 Å². The van der Waals surface area contributed by atoms with Crippen molar-refractivity contribution >= 4 is 24.7 Å². The lowest BCUT2D eigenvalue weighted by molar-refractivity contribution is -0.384. The molecule has 3 saturated heterocycles. The summed E-state index contributed by atoms with van der Waals surface area (Å²) < 4.78 is 115. The zero-order valence-electron chi connectivity index (χ0n) is 62.6. The molecule has 18 heteroatoms. The zero-order valence-corrected chi connectivity index (χ0v) is 63.6. The second-order valence-corrected chi connectivity index (χ2v) is 32.7. The second kappa shape index (κ2) is 41.0. The molecule has 0 aromatic heterocycles. The second-order valence-electron chi connectivity index (χ2n) is 28.4. The highest BCUT2D eigenvalue weighted by Gasteiger charge is 2.58. The molecule has 0 radical (unpaired) electrons. The molecule has 3 aliphatic rings. The molecule has 109 heavy (non-hydrogen) atoms. The van der Waals surface area contributed by atoms with Gasteiger partial charge in [0.15, 0.2) is 25.0 Å². The van der Waals surface area contributed by atoms with Crippen LogP contribution in [-0.4, -0.2) is 139 Å². The van der Waals surface area contributed by atoms with Gasteiger partial charge in [0.25, 0.3) is 8.32 Å². The Morgan fingerprint density at radius 2 is 0.642 bits per heavy atom. The van der Waals surface area contributed by atoms with Gasteiger partial charge in [-0.3, -0.25) is 4.79 Å². The summed E-state index contributed by atoms with van der Waals surface area (Å²) in [5.41, 5.74) is 6.28. The predicted octanol–water partition coefficient (Wildman–Crippen LogP) is 14.6. The number of carbonyl (C=O) groups is 1. The standard InChI is InChI=1S/C91H102O17Si/c1-7-54-94-85-82(99-60-71-44-26-13-27-45-71)80(97-58-69-40-22-11-23-41-69)77(106-88(85)95-55-8-2)64-102-89-86(83(100-61-72-46-28-14-29-47-72)79(96-57-68-38-20-10-21-39-68)76(105-89)63-93-56-67-36-18-9-19-37-67)108-90-87(104-66(3)92)84(101-62-73-48-30-15-31-49-73)81(98-59-70-42-24-12-25-43-70)78(107-90)65-103-109(91(4,5)6,74-50-32-16-33-51-74)75-52-34-17-35-53-75/h7-53,76-90H,1-2,54-65H2,3-6H3/t76-,77-,78-,79-,80-,81-,82+,83+,84+,85+,86+,87+,88+,89+,90-/m1/s1. The number of carbonyl (C=O) groups excluding carboxylic acids is 1. The van der Waals surface area contributed by atoms with Gasteiger partial charge in [-0.2, -0.15) is 0 Å². The summed E-state index contributed by atoms with van der Waals surface area (Å²) >= 11 is 0. The number of ether oxygens (including phenoxy) is 15. The predicted molar refractivity (Wildman–Crippen MR) is 418 cm³/mol. The average molecular weight is 1500 g/mol. The number of hydrogen-bond acceptors (Lipinski definition) is 17. The van der Waals surface area contributed by atoms with E-state index in [9.17, 15) is 4.79 Å². The number of benzene rings is 9. The molecule has 0 bridgehead atoms. The first-order chi connectivity index (χ1) is 53.4. The zero-order chi connectivity index (χ0) is 75.5. The van der Waals surface area contributed by atoms with Crippen molar-refractivity contribution in [2.45, 2.75) is 171 Å². The van der Waals surface area contributed by atoms with Crippen molar-refractivity contribution in [3.8, 4) is 0 Å². The Labute approximate surface area is 642 Å². The third-order valence-corrected chi connectivity index (χ3v) is 24.6. The monoisotopic (exact) mass is 1490 g/mol. The van der Waals surface area contributed by atoms with Crippen LogP contribution in [0.4, 0.5) is 0 Å².